The quantitative estimate of drug-likeness (QED) is 0.0141. The van der Waals surface area contributed by atoms with E-state index in [-0.39, 0.29) is 79.1 Å². The van der Waals surface area contributed by atoms with E-state index in [0.717, 1.165) is 84.8 Å². The highest BCUT2D eigenvalue weighted by Crippen LogP contribution is 2.31. The summed E-state index contributed by atoms with van der Waals surface area (Å²) in [4.78, 5) is 79.1. The summed E-state index contributed by atoms with van der Waals surface area (Å²) in [5.41, 5.74) is 13.8. The molecule has 3 atom stereocenters. The molecule has 1 aromatic heterocycles. The minimum atomic E-state index is -0.885. The topological polar surface area (TPSA) is 235 Å². The number of aliphatic hydroxyl groups excluding tert-OH is 1. The molecule has 0 spiro atoms. The van der Waals surface area contributed by atoms with E-state index in [4.69, 9.17) is 15.9 Å². The standard InChI is InChI=1S/C63H80F2N10O7S/c1-40-57(83-39-69-40)44-17-14-41(15-18-44)37-68-61(80)54-36-49(76)38-75(54)62(81)58(63(2,3)4)71-55(77)12-10-8-6-5-7-9-11-13-56(78)74-26-24-73(25-27-74)48-19-20-50(53(35-48)70-47-22-28-82-29-23-47)60(79)72-59(67)51-33-42(16-21-52(51)66)30-43-31-45(64)34-46(65)32-43/h14-21,31-35,39,47,49,54,58,70,76H,5-13,22-30,36-38,66H2,1-4H3,(H,68,80)(H,71,77)(H2,67,72,79)/t49-,54+,58-/m1/s1. The average molecular weight is 1160 g/mol. The molecule has 3 fully saturated rings. The number of nitrogens with one attached hydrogen (secondary N) is 5. The fourth-order valence-corrected chi connectivity index (χ4v) is 11.9. The SMILES string of the molecule is Cc1ncsc1-c1ccc(CNC(=O)[C@@H]2C[C@@H](O)CN2C(=O)[C@@H](NC(=O)CCCCCCCCCC(=O)N2CCN(c3ccc(C(=O)NC(=N)c4cc(Cc5cc(F)cc(F)c5)ccc4N)c(NC4CCOCC4)c3)CC2)C(C)(C)C)cc1. The number of nitrogens with zero attached hydrogens (tertiary/aromatic N) is 4. The first-order valence-electron chi connectivity index (χ1n) is 29.1. The maximum atomic E-state index is 14.1. The van der Waals surface area contributed by atoms with E-state index < -0.39 is 41.1 Å². The fourth-order valence-electron chi connectivity index (χ4n) is 11.1. The van der Waals surface area contributed by atoms with Crippen molar-refractivity contribution < 1.29 is 42.6 Å². The van der Waals surface area contributed by atoms with Crippen molar-refractivity contribution >= 4 is 63.8 Å². The molecule has 5 aromatic rings. The van der Waals surface area contributed by atoms with Crippen LogP contribution in [-0.2, 0) is 36.9 Å². The van der Waals surface area contributed by atoms with E-state index in [1.165, 1.54) is 17.0 Å². The number of amides is 5. The lowest BCUT2D eigenvalue weighted by Crippen LogP contribution is -2.57. The van der Waals surface area contributed by atoms with Gasteiger partial charge in [0, 0.05) is 106 Å². The van der Waals surface area contributed by atoms with Gasteiger partial charge in [-0.25, -0.2) is 13.8 Å². The largest absolute Gasteiger partial charge is 0.398 e. The molecule has 8 rings (SSSR count). The minimum Gasteiger partial charge on any atom is -0.398 e. The molecule has 0 unspecified atom stereocenters. The molecule has 17 nitrogen and oxygen atoms in total. The van der Waals surface area contributed by atoms with Gasteiger partial charge in [0.1, 0.15) is 29.6 Å². The lowest BCUT2D eigenvalue weighted by atomic mass is 9.85. The first kappa shape index (κ1) is 61.8. The molecule has 3 aliphatic rings. The van der Waals surface area contributed by atoms with Crippen molar-refractivity contribution in [3.05, 3.63) is 130 Å². The lowest BCUT2D eigenvalue weighted by molar-refractivity contribution is -0.144. The molecule has 0 bridgehead atoms. The molecule has 3 aliphatic heterocycles. The first-order valence-corrected chi connectivity index (χ1v) is 30.0. The Morgan fingerprint density at radius 3 is 2.14 bits per heavy atom. The van der Waals surface area contributed by atoms with Crippen LogP contribution in [0.15, 0.2) is 84.4 Å². The van der Waals surface area contributed by atoms with Gasteiger partial charge in [-0.1, -0.05) is 83.2 Å². The fraction of sp³-hybridized carbons (Fsp3) is 0.476. The van der Waals surface area contributed by atoms with Gasteiger partial charge in [0.05, 0.1) is 27.7 Å². The zero-order valence-corrected chi connectivity index (χ0v) is 49.0. The first-order chi connectivity index (χ1) is 39.8. The third kappa shape index (κ3) is 17.2. The predicted molar refractivity (Wildman–Crippen MR) is 320 cm³/mol. The van der Waals surface area contributed by atoms with Gasteiger partial charge in [-0.05, 0) is 109 Å². The smallest absolute Gasteiger partial charge is 0.258 e. The number of nitrogen functional groups attached to an aromatic ring is 1. The number of aromatic nitrogens is 1. The van der Waals surface area contributed by atoms with E-state index in [1.807, 2.05) is 74.5 Å². The molecular formula is C63H80F2N10O7S. The summed E-state index contributed by atoms with van der Waals surface area (Å²) in [5.74, 6) is -2.91. The third-order valence-corrected chi connectivity index (χ3v) is 16.8. The number of benzene rings is 4. The van der Waals surface area contributed by atoms with E-state index in [0.29, 0.717) is 74.6 Å². The Labute approximate surface area is 489 Å². The number of unbranched alkanes of at least 4 members (excludes halogenated alkanes) is 6. The van der Waals surface area contributed by atoms with Gasteiger partial charge in [-0.15, -0.1) is 11.3 Å². The number of nitrogens with two attached hydrogens (primary N) is 1. The molecule has 0 saturated carbocycles. The van der Waals surface area contributed by atoms with Gasteiger partial charge in [0.25, 0.3) is 5.91 Å². The molecule has 83 heavy (non-hydrogen) atoms. The molecule has 0 radical (unpaired) electrons. The van der Waals surface area contributed by atoms with Crippen molar-refractivity contribution in [3.63, 3.8) is 0 Å². The van der Waals surface area contributed by atoms with Crippen LogP contribution in [0.1, 0.15) is 136 Å². The monoisotopic (exact) mass is 1160 g/mol. The van der Waals surface area contributed by atoms with Crippen LogP contribution in [0.3, 0.4) is 0 Å². The highest BCUT2D eigenvalue weighted by Gasteiger charge is 2.44. The second kappa shape index (κ2) is 28.8. The number of hydrogen-bond acceptors (Lipinski definition) is 13. The summed E-state index contributed by atoms with van der Waals surface area (Å²) >= 11 is 1.57. The number of carbonyl (C=O) groups is 5. The number of rotatable bonds is 23. The number of piperazine rings is 1. The molecule has 3 saturated heterocycles. The van der Waals surface area contributed by atoms with Gasteiger partial charge < -0.3 is 51.5 Å². The van der Waals surface area contributed by atoms with Gasteiger partial charge in [-0.2, -0.15) is 0 Å². The van der Waals surface area contributed by atoms with E-state index in [2.05, 4.69) is 31.2 Å². The van der Waals surface area contributed by atoms with Crippen molar-refractivity contribution in [3.8, 4) is 10.4 Å². The maximum Gasteiger partial charge on any atom is 0.258 e. The van der Waals surface area contributed by atoms with Crippen molar-refractivity contribution in [1.82, 2.24) is 30.7 Å². The highest BCUT2D eigenvalue weighted by molar-refractivity contribution is 7.13. The zero-order chi connectivity index (χ0) is 59.2. The summed E-state index contributed by atoms with van der Waals surface area (Å²) < 4.78 is 33.4. The van der Waals surface area contributed by atoms with Gasteiger partial charge in [-0.3, -0.25) is 29.4 Å². The number of aryl methyl sites for hydroxylation is 1. The lowest BCUT2D eigenvalue weighted by Gasteiger charge is -2.36. The number of ether oxygens (including phenoxy) is 1. The van der Waals surface area contributed by atoms with E-state index >= 15 is 0 Å². The molecular weight excluding hydrogens is 1080 g/mol. The number of hydrogen-bond donors (Lipinski definition) is 7. The van der Waals surface area contributed by atoms with Crippen molar-refractivity contribution in [2.75, 3.05) is 61.9 Å². The number of β-amino-alcohol motifs (C(OH)–C–C–N with tert-alkyl or cyclic N) is 1. The number of anilines is 3. The van der Waals surface area contributed by atoms with Crippen LogP contribution >= 0.6 is 11.3 Å². The zero-order valence-electron chi connectivity index (χ0n) is 48.2. The predicted octanol–water partition coefficient (Wildman–Crippen LogP) is 8.88. The van der Waals surface area contributed by atoms with Crippen molar-refractivity contribution in [2.24, 2.45) is 5.41 Å². The molecule has 8 N–H and O–H groups in total. The molecule has 4 heterocycles. The number of halogens is 2. The van der Waals surface area contributed by atoms with Crippen LogP contribution in [0.4, 0.5) is 25.8 Å². The number of carbonyl (C=O) groups excluding carboxylic acids is 5. The van der Waals surface area contributed by atoms with Crippen LogP contribution in [0.2, 0.25) is 0 Å². The van der Waals surface area contributed by atoms with Gasteiger partial charge in [0.15, 0.2) is 0 Å². The third-order valence-electron chi connectivity index (χ3n) is 15.8. The summed E-state index contributed by atoms with van der Waals surface area (Å²) in [6, 6.07) is 20.1. The Hall–Kier alpha value is -7.29. The Kier molecular flexibility index (Phi) is 21.4. The van der Waals surface area contributed by atoms with Crippen molar-refractivity contribution in [2.45, 2.75) is 142 Å². The summed E-state index contributed by atoms with van der Waals surface area (Å²) in [6.45, 7) is 11.4. The number of thiazole rings is 1. The Balaban J connectivity index is 0.731. The average Bonchev–Trinajstić information content (AvgIpc) is 4.18. The summed E-state index contributed by atoms with van der Waals surface area (Å²) in [5, 5.41) is 31.7. The van der Waals surface area contributed by atoms with Gasteiger partial charge in [0.2, 0.25) is 23.6 Å². The Morgan fingerprint density at radius 1 is 0.819 bits per heavy atom. The van der Waals surface area contributed by atoms with Crippen LogP contribution in [0, 0.1) is 29.4 Å². The van der Waals surface area contributed by atoms with Gasteiger partial charge >= 0.3 is 0 Å². The number of aliphatic hydroxyl groups is 1. The molecule has 4 aromatic carbocycles. The molecule has 0 aliphatic carbocycles. The molecule has 20 heteroatoms. The highest BCUT2D eigenvalue weighted by atomic mass is 32.1. The summed E-state index contributed by atoms with van der Waals surface area (Å²) in [7, 11) is 0. The van der Waals surface area contributed by atoms with Crippen LogP contribution < -0.4 is 31.9 Å². The normalized spacial score (nSPS) is 17.0. The number of amidine groups is 1. The maximum absolute atomic E-state index is 14.1. The Bertz CT molecular complexity index is 3060. The minimum absolute atomic E-state index is 0.00901. The van der Waals surface area contributed by atoms with Crippen molar-refractivity contribution in [1.29, 1.82) is 5.41 Å². The second-order valence-corrected chi connectivity index (χ2v) is 24.1. The second-order valence-electron chi connectivity index (χ2n) is 23.3. The van der Waals surface area contributed by atoms with Crippen LogP contribution in [0.5, 0.6) is 0 Å². The molecule has 444 valence electrons. The number of likely N-dealkylation sites (tertiary alicyclic amines) is 1. The van der Waals surface area contributed by atoms with E-state index in [1.54, 1.807) is 35.6 Å². The van der Waals surface area contributed by atoms with Crippen LogP contribution in [-0.4, -0.2) is 125 Å². The summed E-state index contributed by atoms with van der Waals surface area (Å²) in [6.07, 6.45) is 7.85. The van der Waals surface area contributed by atoms with E-state index in [9.17, 15) is 37.9 Å². The van der Waals surface area contributed by atoms with Crippen LogP contribution in [0.25, 0.3) is 10.4 Å². The molecule has 5 amide bonds. The Morgan fingerprint density at radius 2 is 1.48 bits per heavy atom.